The molecule has 0 spiro atoms. The molecule has 0 aliphatic heterocycles. The Labute approximate surface area is 101 Å². The van der Waals surface area contributed by atoms with E-state index in [1.54, 1.807) is 12.1 Å². The second-order valence-corrected chi connectivity index (χ2v) is 3.28. The summed E-state index contributed by atoms with van der Waals surface area (Å²) < 4.78 is 41.6. The van der Waals surface area contributed by atoms with Crippen molar-refractivity contribution in [3.05, 3.63) is 36.0 Å². The lowest BCUT2D eigenvalue weighted by molar-refractivity contribution is -0.148. The maximum Gasteiger partial charge on any atom is 0.424 e. The molecule has 98 valence electrons. The van der Waals surface area contributed by atoms with Crippen LogP contribution < -0.4 is 11.1 Å². The van der Waals surface area contributed by atoms with Crippen molar-refractivity contribution >= 4 is 17.3 Å². The molecular weight excluding hydrogens is 249 g/mol. The molecule has 0 saturated carbocycles. The highest BCUT2D eigenvalue weighted by atomic mass is 19.4. The van der Waals surface area contributed by atoms with Crippen LogP contribution in [0, 0.1) is 0 Å². The minimum Gasteiger partial charge on any atom is -0.465 e. The lowest BCUT2D eigenvalue weighted by Gasteiger charge is -2.11. The normalized spacial score (nSPS) is 12.1. The van der Waals surface area contributed by atoms with Crippen LogP contribution in [-0.2, 0) is 9.53 Å². The number of carbonyl (C=O) groups is 1. The lowest BCUT2D eigenvalue weighted by Crippen LogP contribution is -2.22. The van der Waals surface area contributed by atoms with Crippen molar-refractivity contribution in [3.8, 4) is 0 Å². The molecule has 0 bridgehead atoms. The first-order valence-corrected chi connectivity index (χ1v) is 4.83. The highest BCUT2D eigenvalue weighted by molar-refractivity contribution is 5.90. The number of nitrogens with two attached hydrogens (primary N) is 1. The first-order valence-electron chi connectivity index (χ1n) is 4.83. The van der Waals surface area contributed by atoms with Crippen LogP contribution in [0.4, 0.5) is 24.5 Å². The third kappa shape index (κ3) is 3.41. The van der Waals surface area contributed by atoms with E-state index in [1.807, 2.05) is 0 Å². The summed E-state index contributed by atoms with van der Waals surface area (Å²) in [5, 5.41) is 2.33. The highest BCUT2D eigenvalue weighted by Crippen LogP contribution is 2.27. The number of hydrogen-bond acceptors (Lipinski definition) is 4. The Kier molecular flexibility index (Phi) is 4.19. The summed E-state index contributed by atoms with van der Waals surface area (Å²) in [7, 11) is 0.874. The number of anilines is 2. The summed E-state index contributed by atoms with van der Waals surface area (Å²) in [5.74, 6) is -1.47. The van der Waals surface area contributed by atoms with Gasteiger partial charge in [-0.3, -0.25) is 0 Å². The average molecular weight is 260 g/mol. The van der Waals surface area contributed by atoms with Crippen LogP contribution in [0.3, 0.4) is 0 Å². The number of nitrogens with one attached hydrogen (secondary N) is 1. The van der Waals surface area contributed by atoms with Crippen molar-refractivity contribution in [2.75, 3.05) is 18.2 Å². The van der Waals surface area contributed by atoms with E-state index < -0.39 is 17.7 Å². The molecule has 7 heteroatoms. The SMILES string of the molecule is COC(=O)/C(=C\Nc1ccccc1N)C(F)(F)F. The van der Waals surface area contributed by atoms with Gasteiger partial charge in [-0.25, -0.2) is 4.79 Å². The Morgan fingerprint density at radius 3 is 2.50 bits per heavy atom. The van der Waals surface area contributed by atoms with E-state index >= 15 is 0 Å². The zero-order chi connectivity index (χ0) is 13.8. The standard InChI is InChI=1S/C11H11F3N2O2/c1-18-10(17)7(11(12,13)14)6-16-9-5-3-2-4-8(9)15/h2-6,16H,15H2,1H3/b7-6+. The Morgan fingerprint density at radius 2 is 2.00 bits per heavy atom. The number of ether oxygens (including phenoxy) is 1. The predicted octanol–water partition coefficient (Wildman–Crippen LogP) is 2.30. The smallest absolute Gasteiger partial charge is 0.424 e. The van der Waals surface area contributed by atoms with Gasteiger partial charge < -0.3 is 15.8 Å². The van der Waals surface area contributed by atoms with Crippen molar-refractivity contribution < 1.29 is 22.7 Å². The number of esters is 1. The Hall–Kier alpha value is -2.18. The van der Waals surface area contributed by atoms with Gasteiger partial charge in [-0.2, -0.15) is 13.2 Å². The number of para-hydroxylation sites is 2. The van der Waals surface area contributed by atoms with Gasteiger partial charge in [0, 0.05) is 6.20 Å². The van der Waals surface area contributed by atoms with Gasteiger partial charge in [-0.1, -0.05) is 12.1 Å². The Balaban J connectivity index is 2.98. The van der Waals surface area contributed by atoms with E-state index in [-0.39, 0.29) is 11.4 Å². The molecule has 0 aliphatic rings. The number of methoxy groups -OCH3 is 1. The third-order valence-corrected chi connectivity index (χ3v) is 2.04. The molecule has 1 aromatic carbocycles. The molecule has 1 rings (SSSR count). The summed E-state index contributed by atoms with van der Waals surface area (Å²) in [6, 6.07) is 6.23. The van der Waals surface area contributed by atoms with Gasteiger partial charge >= 0.3 is 12.1 Å². The van der Waals surface area contributed by atoms with E-state index in [9.17, 15) is 18.0 Å². The fourth-order valence-electron chi connectivity index (χ4n) is 1.14. The quantitative estimate of drug-likeness (QED) is 0.497. The summed E-state index contributed by atoms with van der Waals surface area (Å²) in [4.78, 5) is 11.0. The number of benzene rings is 1. The van der Waals surface area contributed by atoms with Gasteiger partial charge in [0.2, 0.25) is 0 Å². The van der Waals surface area contributed by atoms with Crippen molar-refractivity contribution in [2.24, 2.45) is 0 Å². The lowest BCUT2D eigenvalue weighted by atomic mass is 10.2. The van der Waals surface area contributed by atoms with Crippen molar-refractivity contribution in [1.29, 1.82) is 0 Å². The number of halogens is 3. The maximum absolute atomic E-state index is 12.5. The summed E-state index contributed by atoms with van der Waals surface area (Å²) in [6.45, 7) is 0. The molecule has 0 saturated heterocycles. The molecule has 18 heavy (non-hydrogen) atoms. The minimum atomic E-state index is -4.80. The maximum atomic E-state index is 12.5. The van der Waals surface area contributed by atoms with E-state index in [4.69, 9.17) is 5.73 Å². The number of nitrogen functional groups attached to an aromatic ring is 1. The fourth-order valence-corrected chi connectivity index (χ4v) is 1.14. The van der Waals surface area contributed by atoms with Crippen LogP contribution in [0.15, 0.2) is 36.0 Å². The first-order chi connectivity index (χ1) is 8.36. The molecule has 0 amide bonds. The summed E-state index contributed by atoms with van der Waals surface area (Å²) in [5.41, 5.74) is 4.63. The van der Waals surface area contributed by atoms with Gasteiger partial charge in [-0.15, -0.1) is 0 Å². The topological polar surface area (TPSA) is 64.3 Å². The van der Waals surface area contributed by atoms with Crippen LogP contribution in [0.1, 0.15) is 0 Å². The molecule has 0 heterocycles. The van der Waals surface area contributed by atoms with Crippen molar-refractivity contribution in [3.63, 3.8) is 0 Å². The second-order valence-electron chi connectivity index (χ2n) is 3.28. The largest absolute Gasteiger partial charge is 0.465 e. The van der Waals surface area contributed by atoms with Crippen LogP contribution in [0.25, 0.3) is 0 Å². The van der Waals surface area contributed by atoms with Crippen molar-refractivity contribution in [1.82, 2.24) is 0 Å². The zero-order valence-corrected chi connectivity index (χ0v) is 9.41. The van der Waals surface area contributed by atoms with Crippen LogP contribution >= 0.6 is 0 Å². The van der Waals surface area contributed by atoms with Crippen LogP contribution in [0.5, 0.6) is 0 Å². The van der Waals surface area contributed by atoms with E-state index in [2.05, 4.69) is 10.1 Å². The number of alkyl halides is 3. The van der Waals surface area contributed by atoms with Gasteiger partial charge in [0.1, 0.15) is 0 Å². The molecule has 3 N–H and O–H groups in total. The van der Waals surface area contributed by atoms with Gasteiger partial charge in [-0.05, 0) is 12.1 Å². The summed E-state index contributed by atoms with van der Waals surface area (Å²) in [6.07, 6.45) is -4.28. The van der Waals surface area contributed by atoms with Crippen LogP contribution in [-0.4, -0.2) is 19.3 Å². The number of hydrogen-bond donors (Lipinski definition) is 2. The molecular formula is C11H11F3N2O2. The molecule has 1 aromatic rings. The van der Waals surface area contributed by atoms with Gasteiger partial charge in [0.15, 0.2) is 5.57 Å². The highest BCUT2D eigenvalue weighted by Gasteiger charge is 2.39. The van der Waals surface area contributed by atoms with Gasteiger partial charge in [0.25, 0.3) is 0 Å². The second kappa shape index (κ2) is 5.44. The molecule has 0 atom stereocenters. The predicted molar refractivity (Wildman–Crippen MR) is 60.6 cm³/mol. The molecule has 0 radical (unpaired) electrons. The number of carbonyl (C=O) groups excluding carboxylic acids is 1. The first kappa shape index (κ1) is 13.9. The minimum absolute atomic E-state index is 0.264. The third-order valence-electron chi connectivity index (χ3n) is 2.04. The Bertz CT molecular complexity index is 470. The molecule has 4 nitrogen and oxygen atoms in total. The summed E-state index contributed by atoms with van der Waals surface area (Å²) >= 11 is 0. The van der Waals surface area contributed by atoms with Crippen LogP contribution in [0.2, 0.25) is 0 Å². The monoisotopic (exact) mass is 260 g/mol. The van der Waals surface area contributed by atoms with E-state index in [1.165, 1.54) is 12.1 Å². The average Bonchev–Trinajstić information content (AvgIpc) is 2.29. The Morgan fingerprint density at radius 1 is 1.39 bits per heavy atom. The molecule has 0 fully saturated rings. The molecule has 0 aliphatic carbocycles. The van der Waals surface area contributed by atoms with E-state index in [0.717, 1.165) is 7.11 Å². The van der Waals surface area contributed by atoms with Crippen molar-refractivity contribution in [2.45, 2.75) is 6.18 Å². The fraction of sp³-hybridized carbons (Fsp3) is 0.182. The molecule has 0 unspecified atom stereocenters. The zero-order valence-electron chi connectivity index (χ0n) is 9.41. The van der Waals surface area contributed by atoms with Gasteiger partial charge in [0.05, 0.1) is 18.5 Å². The number of rotatable bonds is 3. The molecule has 0 aromatic heterocycles. The van der Waals surface area contributed by atoms with E-state index in [0.29, 0.717) is 6.20 Å².